The van der Waals surface area contributed by atoms with Gasteiger partial charge >= 0.3 is 0 Å². The van der Waals surface area contributed by atoms with Crippen molar-refractivity contribution in [2.75, 3.05) is 6.61 Å². The monoisotopic (exact) mass is 316 g/mol. The molecule has 0 aliphatic heterocycles. The SMILES string of the molecule is C/C(=N/NC(=O)COc1ccc(C)c(C)c1)c1ccc(C)s1. The molecule has 0 spiro atoms. The Morgan fingerprint density at radius 1 is 1.18 bits per heavy atom. The maximum Gasteiger partial charge on any atom is 0.277 e. The maximum atomic E-state index is 11.8. The normalized spacial score (nSPS) is 11.4. The number of ether oxygens (including phenoxy) is 1. The Morgan fingerprint density at radius 2 is 1.95 bits per heavy atom. The van der Waals surface area contributed by atoms with E-state index in [-0.39, 0.29) is 12.5 Å². The summed E-state index contributed by atoms with van der Waals surface area (Å²) in [6, 6.07) is 9.79. The van der Waals surface area contributed by atoms with Gasteiger partial charge in [0.1, 0.15) is 5.75 Å². The second-order valence-corrected chi connectivity index (χ2v) is 6.47. The molecule has 0 radical (unpaired) electrons. The zero-order valence-electron chi connectivity index (χ0n) is 13.3. The predicted octanol–water partition coefficient (Wildman–Crippen LogP) is 3.59. The number of rotatable bonds is 5. The van der Waals surface area contributed by atoms with Crippen LogP contribution in [0.4, 0.5) is 0 Å². The summed E-state index contributed by atoms with van der Waals surface area (Å²) in [5.41, 5.74) is 5.64. The summed E-state index contributed by atoms with van der Waals surface area (Å²) in [5, 5.41) is 4.10. The summed E-state index contributed by atoms with van der Waals surface area (Å²) in [4.78, 5) is 14.0. The van der Waals surface area contributed by atoms with Crippen LogP contribution >= 0.6 is 11.3 Å². The Hall–Kier alpha value is -2.14. The minimum absolute atomic E-state index is 0.0528. The minimum atomic E-state index is -0.272. The van der Waals surface area contributed by atoms with E-state index in [1.165, 1.54) is 10.4 Å². The van der Waals surface area contributed by atoms with Crippen LogP contribution in [0.1, 0.15) is 27.8 Å². The van der Waals surface area contributed by atoms with Crippen molar-refractivity contribution in [1.29, 1.82) is 0 Å². The number of hydrazone groups is 1. The van der Waals surface area contributed by atoms with E-state index in [0.29, 0.717) is 5.75 Å². The highest BCUT2D eigenvalue weighted by Crippen LogP contribution is 2.16. The molecule has 1 aromatic heterocycles. The van der Waals surface area contributed by atoms with Gasteiger partial charge in [-0.25, -0.2) is 5.43 Å². The maximum absolute atomic E-state index is 11.8. The summed E-state index contributed by atoms with van der Waals surface area (Å²) < 4.78 is 5.47. The largest absolute Gasteiger partial charge is 0.484 e. The Kier molecular flexibility index (Phi) is 5.33. The van der Waals surface area contributed by atoms with Crippen molar-refractivity contribution < 1.29 is 9.53 Å². The van der Waals surface area contributed by atoms with Gasteiger partial charge in [-0.2, -0.15) is 5.10 Å². The number of nitrogens with zero attached hydrogens (tertiary/aromatic N) is 1. The Labute approximate surface area is 134 Å². The zero-order chi connectivity index (χ0) is 16.1. The summed E-state index contributed by atoms with van der Waals surface area (Å²) in [7, 11) is 0. The second-order valence-electron chi connectivity index (χ2n) is 5.18. The highest BCUT2D eigenvalue weighted by Gasteiger charge is 2.05. The molecule has 4 nitrogen and oxygen atoms in total. The summed E-state index contributed by atoms with van der Waals surface area (Å²) in [6.45, 7) is 7.91. The first-order valence-electron chi connectivity index (χ1n) is 7.05. The highest BCUT2D eigenvalue weighted by atomic mass is 32.1. The van der Waals surface area contributed by atoms with Gasteiger partial charge in [0.25, 0.3) is 5.91 Å². The van der Waals surface area contributed by atoms with Gasteiger partial charge in [0.15, 0.2) is 6.61 Å². The van der Waals surface area contributed by atoms with E-state index in [2.05, 4.69) is 10.5 Å². The molecule has 22 heavy (non-hydrogen) atoms. The van der Waals surface area contributed by atoms with Crippen molar-refractivity contribution in [1.82, 2.24) is 5.43 Å². The first kappa shape index (κ1) is 16.2. The Bertz CT molecular complexity index is 704. The standard InChI is InChI=1S/C17H20N2O2S/c1-11-5-7-15(9-12(11)2)21-10-17(20)19-18-14(4)16-8-6-13(3)22-16/h5-9H,10H2,1-4H3,(H,19,20)/b18-14-. The second kappa shape index (κ2) is 7.22. The lowest BCUT2D eigenvalue weighted by Gasteiger charge is -2.07. The first-order valence-corrected chi connectivity index (χ1v) is 7.87. The molecule has 1 heterocycles. The zero-order valence-corrected chi connectivity index (χ0v) is 14.1. The van der Waals surface area contributed by atoms with E-state index in [9.17, 15) is 4.79 Å². The summed E-state index contributed by atoms with van der Waals surface area (Å²) in [5.74, 6) is 0.415. The molecule has 0 aliphatic rings. The molecule has 2 rings (SSSR count). The first-order chi connectivity index (χ1) is 10.5. The van der Waals surface area contributed by atoms with Gasteiger partial charge in [0, 0.05) is 4.88 Å². The predicted molar refractivity (Wildman–Crippen MR) is 90.8 cm³/mol. The summed E-state index contributed by atoms with van der Waals surface area (Å²) in [6.07, 6.45) is 0. The molecule has 2 aromatic rings. The van der Waals surface area contributed by atoms with Crippen molar-refractivity contribution in [3.63, 3.8) is 0 Å². The van der Waals surface area contributed by atoms with E-state index >= 15 is 0 Å². The molecule has 5 heteroatoms. The Morgan fingerprint density at radius 3 is 2.59 bits per heavy atom. The number of nitrogens with one attached hydrogen (secondary N) is 1. The van der Waals surface area contributed by atoms with Crippen molar-refractivity contribution in [2.45, 2.75) is 27.7 Å². The number of carbonyl (C=O) groups is 1. The molecular formula is C17H20N2O2S. The third-order valence-corrected chi connectivity index (χ3v) is 4.40. The van der Waals surface area contributed by atoms with Crippen molar-refractivity contribution >= 4 is 23.0 Å². The van der Waals surface area contributed by atoms with Gasteiger partial charge in [-0.1, -0.05) is 6.07 Å². The molecule has 0 saturated heterocycles. The van der Waals surface area contributed by atoms with Crippen molar-refractivity contribution in [3.05, 3.63) is 51.2 Å². The van der Waals surface area contributed by atoms with E-state index in [4.69, 9.17) is 4.74 Å². The molecule has 1 aromatic carbocycles. The minimum Gasteiger partial charge on any atom is -0.484 e. The van der Waals surface area contributed by atoms with Gasteiger partial charge in [-0.3, -0.25) is 4.79 Å². The van der Waals surface area contributed by atoms with Crippen LogP contribution in [0, 0.1) is 20.8 Å². The smallest absolute Gasteiger partial charge is 0.277 e. The Balaban J connectivity index is 1.86. The van der Waals surface area contributed by atoms with Gasteiger partial charge in [-0.15, -0.1) is 11.3 Å². The van der Waals surface area contributed by atoms with Gasteiger partial charge < -0.3 is 4.74 Å². The number of hydrogen-bond acceptors (Lipinski definition) is 4. The lowest BCUT2D eigenvalue weighted by molar-refractivity contribution is -0.123. The van der Waals surface area contributed by atoms with E-state index in [0.717, 1.165) is 16.2 Å². The lowest BCUT2D eigenvalue weighted by atomic mass is 10.1. The molecule has 0 saturated carbocycles. The van der Waals surface area contributed by atoms with E-state index < -0.39 is 0 Å². The molecule has 0 fully saturated rings. The molecule has 116 valence electrons. The van der Waals surface area contributed by atoms with Crippen LogP contribution < -0.4 is 10.2 Å². The lowest BCUT2D eigenvalue weighted by Crippen LogP contribution is -2.25. The average molecular weight is 316 g/mol. The van der Waals surface area contributed by atoms with Crippen LogP contribution in [0.2, 0.25) is 0 Å². The fourth-order valence-corrected chi connectivity index (χ4v) is 2.63. The average Bonchev–Trinajstić information content (AvgIpc) is 2.92. The fraction of sp³-hybridized carbons (Fsp3) is 0.294. The van der Waals surface area contributed by atoms with Crippen LogP contribution in [0.5, 0.6) is 5.75 Å². The third-order valence-electron chi connectivity index (χ3n) is 3.29. The van der Waals surface area contributed by atoms with Crippen LogP contribution in [-0.4, -0.2) is 18.2 Å². The highest BCUT2D eigenvalue weighted by molar-refractivity contribution is 7.14. The van der Waals surface area contributed by atoms with Crippen molar-refractivity contribution in [3.8, 4) is 5.75 Å². The van der Waals surface area contributed by atoms with Crippen LogP contribution in [-0.2, 0) is 4.79 Å². The van der Waals surface area contributed by atoms with Crippen molar-refractivity contribution in [2.24, 2.45) is 5.10 Å². The fourth-order valence-electron chi connectivity index (χ4n) is 1.82. The molecule has 0 aliphatic carbocycles. The number of benzene rings is 1. The number of hydrogen-bond donors (Lipinski definition) is 1. The molecule has 0 atom stereocenters. The summed E-state index contributed by atoms with van der Waals surface area (Å²) >= 11 is 1.65. The molecule has 0 unspecified atom stereocenters. The molecule has 0 bridgehead atoms. The number of carbonyl (C=O) groups excluding carboxylic acids is 1. The number of aryl methyl sites for hydroxylation is 3. The van der Waals surface area contributed by atoms with Crippen LogP contribution in [0.3, 0.4) is 0 Å². The quantitative estimate of drug-likeness (QED) is 0.677. The van der Waals surface area contributed by atoms with Crippen LogP contribution in [0.15, 0.2) is 35.4 Å². The van der Waals surface area contributed by atoms with E-state index in [1.807, 2.05) is 58.0 Å². The number of amides is 1. The van der Waals surface area contributed by atoms with Gasteiger partial charge in [0.2, 0.25) is 0 Å². The number of thiophene rings is 1. The van der Waals surface area contributed by atoms with E-state index in [1.54, 1.807) is 11.3 Å². The molecule has 1 N–H and O–H groups in total. The third kappa shape index (κ3) is 4.43. The topological polar surface area (TPSA) is 50.7 Å². The van der Waals surface area contributed by atoms with Gasteiger partial charge in [0.05, 0.1) is 10.6 Å². The molecular weight excluding hydrogens is 296 g/mol. The molecule has 1 amide bonds. The van der Waals surface area contributed by atoms with Crippen LogP contribution in [0.25, 0.3) is 0 Å². The van der Waals surface area contributed by atoms with Gasteiger partial charge in [-0.05, 0) is 63.1 Å².